The highest BCUT2D eigenvalue weighted by Crippen LogP contribution is 2.29. The fourth-order valence-corrected chi connectivity index (χ4v) is 1.30. The van der Waals surface area contributed by atoms with Gasteiger partial charge in [0.2, 0.25) is 0 Å². The maximum absolute atomic E-state index is 5.63. The molecule has 0 aliphatic rings. The minimum absolute atomic E-state index is 0.146. The molecule has 0 fully saturated rings. The van der Waals surface area contributed by atoms with Crippen LogP contribution >= 0.6 is 0 Å². The summed E-state index contributed by atoms with van der Waals surface area (Å²) in [4.78, 5) is 0. The molecule has 0 bridgehead atoms. The predicted octanol–water partition coefficient (Wildman–Crippen LogP) is 2.33. The number of rotatable bonds is 5. The molecular weight excluding hydrogens is 190 g/mol. The van der Waals surface area contributed by atoms with Crippen molar-refractivity contribution < 1.29 is 9.47 Å². The van der Waals surface area contributed by atoms with Crippen LogP contribution in [0.1, 0.15) is 26.3 Å². The first kappa shape index (κ1) is 11.9. The maximum atomic E-state index is 5.63. The van der Waals surface area contributed by atoms with Crippen molar-refractivity contribution in [3.63, 3.8) is 0 Å². The highest BCUT2D eigenvalue weighted by molar-refractivity contribution is 5.43. The van der Waals surface area contributed by atoms with Crippen molar-refractivity contribution in [3.8, 4) is 11.5 Å². The van der Waals surface area contributed by atoms with Gasteiger partial charge in [-0.3, -0.25) is 0 Å². The molecule has 84 valence electrons. The molecule has 0 saturated heterocycles. The molecule has 1 rings (SSSR count). The van der Waals surface area contributed by atoms with Gasteiger partial charge in [-0.25, -0.2) is 0 Å². The smallest absolute Gasteiger partial charge is 0.161 e. The van der Waals surface area contributed by atoms with E-state index < -0.39 is 0 Å². The summed E-state index contributed by atoms with van der Waals surface area (Å²) in [6.45, 7) is 7.08. The second kappa shape index (κ2) is 5.61. The first-order chi connectivity index (χ1) is 7.17. The van der Waals surface area contributed by atoms with E-state index in [4.69, 9.17) is 15.2 Å². The molecule has 15 heavy (non-hydrogen) atoms. The van der Waals surface area contributed by atoms with Gasteiger partial charge in [-0.1, -0.05) is 6.07 Å². The van der Waals surface area contributed by atoms with Gasteiger partial charge in [0.1, 0.15) is 0 Å². The number of nitrogens with two attached hydrogens (primary N) is 1. The molecule has 0 heterocycles. The lowest BCUT2D eigenvalue weighted by Crippen LogP contribution is -2.08. The Kier molecular flexibility index (Phi) is 4.43. The molecule has 3 heteroatoms. The average molecular weight is 209 g/mol. The van der Waals surface area contributed by atoms with E-state index in [0.717, 1.165) is 17.1 Å². The van der Waals surface area contributed by atoms with E-state index in [1.165, 1.54) is 0 Å². The van der Waals surface area contributed by atoms with Crippen molar-refractivity contribution in [2.45, 2.75) is 33.4 Å². The van der Waals surface area contributed by atoms with E-state index in [2.05, 4.69) is 0 Å². The Labute approximate surface area is 91.2 Å². The van der Waals surface area contributed by atoms with E-state index >= 15 is 0 Å². The Bertz CT molecular complexity index is 310. The zero-order valence-corrected chi connectivity index (χ0v) is 9.62. The average Bonchev–Trinajstić information content (AvgIpc) is 2.20. The Morgan fingerprint density at radius 1 is 1.27 bits per heavy atom. The first-order valence-electron chi connectivity index (χ1n) is 5.29. The van der Waals surface area contributed by atoms with Gasteiger partial charge in [0.05, 0.1) is 12.7 Å². The fraction of sp³-hybridized carbons (Fsp3) is 0.500. The van der Waals surface area contributed by atoms with Gasteiger partial charge in [-0.05, 0) is 38.5 Å². The third kappa shape index (κ3) is 3.44. The van der Waals surface area contributed by atoms with E-state index in [1.54, 1.807) is 0 Å². The van der Waals surface area contributed by atoms with Gasteiger partial charge in [0, 0.05) is 6.54 Å². The van der Waals surface area contributed by atoms with Crippen molar-refractivity contribution >= 4 is 0 Å². The predicted molar refractivity (Wildman–Crippen MR) is 61.3 cm³/mol. The molecule has 2 N–H and O–H groups in total. The van der Waals surface area contributed by atoms with Crippen molar-refractivity contribution in [1.82, 2.24) is 0 Å². The van der Waals surface area contributed by atoms with E-state index in [1.807, 2.05) is 39.0 Å². The summed E-state index contributed by atoms with van der Waals surface area (Å²) >= 11 is 0. The van der Waals surface area contributed by atoms with Gasteiger partial charge in [0.15, 0.2) is 11.5 Å². The molecule has 0 aromatic heterocycles. The van der Waals surface area contributed by atoms with Crippen molar-refractivity contribution in [1.29, 1.82) is 0 Å². The van der Waals surface area contributed by atoms with E-state index in [0.29, 0.717) is 13.2 Å². The second-order valence-electron chi connectivity index (χ2n) is 3.58. The lowest BCUT2D eigenvalue weighted by atomic mass is 10.2. The summed E-state index contributed by atoms with van der Waals surface area (Å²) in [5.41, 5.74) is 6.62. The van der Waals surface area contributed by atoms with Crippen LogP contribution in [0.3, 0.4) is 0 Å². The van der Waals surface area contributed by atoms with Crippen LogP contribution < -0.4 is 15.2 Å². The first-order valence-corrected chi connectivity index (χ1v) is 5.29. The van der Waals surface area contributed by atoms with E-state index in [9.17, 15) is 0 Å². The summed E-state index contributed by atoms with van der Waals surface area (Å²) in [7, 11) is 0. The lowest BCUT2D eigenvalue weighted by Gasteiger charge is -2.15. The Balaban J connectivity index is 2.92. The SMILES string of the molecule is CCOc1cc(CN)ccc1OC(C)C. The van der Waals surface area contributed by atoms with Crippen LogP contribution in [0, 0.1) is 0 Å². The van der Waals surface area contributed by atoms with Crippen LogP contribution in [-0.4, -0.2) is 12.7 Å². The van der Waals surface area contributed by atoms with Crippen molar-refractivity contribution in [3.05, 3.63) is 23.8 Å². The van der Waals surface area contributed by atoms with Crippen LogP contribution in [0.2, 0.25) is 0 Å². The minimum Gasteiger partial charge on any atom is -0.490 e. The number of benzene rings is 1. The molecule has 3 nitrogen and oxygen atoms in total. The highest BCUT2D eigenvalue weighted by Gasteiger charge is 2.07. The third-order valence-electron chi connectivity index (χ3n) is 1.91. The molecular formula is C12H19NO2. The van der Waals surface area contributed by atoms with Crippen LogP contribution in [-0.2, 0) is 6.54 Å². The van der Waals surface area contributed by atoms with E-state index in [-0.39, 0.29) is 6.10 Å². The Morgan fingerprint density at radius 3 is 2.53 bits per heavy atom. The number of hydrogen-bond acceptors (Lipinski definition) is 3. The molecule has 0 aliphatic carbocycles. The van der Waals surface area contributed by atoms with Crippen LogP contribution in [0.4, 0.5) is 0 Å². The maximum Gasteiger partial charge on any atom is 0.161 e. The largest absolute Gasteiger partial charge is 0.490 e. The fourth-order valence-electron chi connectivity index (χ4n) is 1.30. The summed E-state index contributed by atoms with van der Waals surface area (Å²) in [6.07, 6.45) is 0.146. The second-order valence-corrected chi connectivity index (χ2v) is 3.58. The molecule has 0 amide bonds. The molecule has 0 atom stereocenters. The zero-order chi connectivity index (χ0) is 11.3. The van der Waals surface area contributed by atoms with Gasteiger partial charge in [-0.2, -0.15) is 0 Å². The quantitative estimate of drug-likeness (QED) is 0.809. The standard InChI is InChI=1S/C12H19NO2/c1-4-14-12-7-10(8-13)5-6-11(12)15-9(2)3/h5-7,9H,4,8,13H2,1-3H3. The summed E-state index contributed by atoms with van der Waals surface area (Å²) in [5.74, 6) is 1.55. The monoisotopic (exact) mass is 209 g/mol. The normalized spacial score (nSPS) is 10.5. The molecule has 0 radical (unpaired) electrons. The van der Waals surface area contributed by atoms with Crippen LogP contribution in [0.15, 0.2) is 18.2 Å². The number of ether oxygens (including phenoxy) is 2. The van der Waals surface area contributed by atoms with Gasteiger partial charge in [0.25, 0.3) is 0 Å². The summed E-state index contributed by atoms with van der Waals surface area (Å²) < 4.78 is 11.1. The van der Waals surface area contributed by atoms with Gasteiger partial charge >= 0.3 is 0 Å². The van der Waals surface area contributed by atoms with Gasteiger partial charge < -0.3 is 15.2 Å². The van der Waals surface area contributed by atoms with Crippen LogP contribution in [0.5, 0.6) is 11.5 Å². The summed E-state index contributed by atoms with van der Waals surface area (Å²) in [5, 5.41) is 0. The molecule has 0 spiro atoms. The van der Waals surface area contributed by atoms with Crippen LogP contribution in [0.25, 0.3) is 0 Å². The zero-order valence-electron chi connectivity index (χ0n) is 9.62. The molecule has 1 aromatic carbocycles. The summed E-state index contributed by atoms with van der Waals surface area (Å²) in [6, 6.07) is 5.80. The highest BCUT2D eigenvalue weighted by atomic mass is 16.5. The van der Waals surface area contributed by atoms with Crippen molar-refractivity contribution in [2.24, 2.45) is 5.73 Å². The van der Waals surface area contributed by atoms with Gasteiger partial charge in [-0.15, -0.1) is 0 Å². The molecule has 0 aliphatic heterocycles. The Morgan fingerprint density at radius 2 is 2.00 bits per heavy atom. The molecule has 0 saturated carbocycles. The molecule has 0 unspecified atom stereocenters. The van der Waals surface area contributed by atoms with Crippen molar-refractivity contribution in [2.75, 3.05) is 6.61 Å². The topological polar surface area (TPSA) is 44.5 Å². The minimum atomic E-state index is 0.146. The lowest BCUT2D eigenvalue weighted by molar-refractivity contribution is 0.223. The third-order valence-corrected chi connectivity index (χ3v) is 1.91. The Hall–Kier alpha value is -1.22. The number of hydrogen-bond donors (Lipinski definition) is 1. The molecule has 1 aromatic rings.